The highest BCUT2D eigenvalue weighted by molar-refractivity contribution is 5.48. The van der Waals surface area contributed by atoms with E-state index in [9.17, 15) is 0 Å². The van der Waals surface area contributed by atoms with Crippen LogP contribution < -0.4 is 10.1 Å². The molecular weight excluding hydrogens is 234 g/mol. The van der Waals surface area contributed by atoms with Crippen LogP contribution in [0.2, 0.25) is 0 Å². The van der Waals surface area contributed by atoms with E-state index in [2.05, 4.69) is 35.7 Å². The summed E-state index contributed by atoms with van der Waals surface area (Å²) in [7, 11) is 1.94. The molecule has 0 radical (unpaired) electrons. The van der Waals surface area contributed by atoms with Crippen LogP contribution in [0.25, 0.3) is 6.08 Å². The van der Waals surface area contributed by atoms with Crippen LogP contribution in [0.1, 0.15) is 11.1 Å². The highest BCUT2D eigenvalue weighted by Gasteiger charge is 1.93. The third-order valence-electron chi connectivity index (χ3n) is 2.76. The molecule has 0 unspecified atom stereocenters. The number of hydrogen-bond acceptors (Lipinski definition) is 2. The fourth-order valence-electron chi connectivity index (χ4n) is 1.80. The summed E-state index contributed by atoms with van der Waals surface area (Å²) in [6.07, 6.45) is 4.09. The molecule has 0 spiro atoms. The van der Waals surface area contributed by atoms with Crippen molar-refractivity contribution < 1.29 is 4.74 Å². The van der Waals surface area contributed by atoms with Crippen LogP contribution in [0, 0.1) is 0 Å². The van der Waals surface area contributed by atoms with E-state index in [1.54, 1.807) is 0 Å². The van der Waals surface area contributed by atoms with Gasteiger partial charge in [0, 0.05) is 6.54 Å². The molecule has 0 aliphatic heterocycles. The minimum atomic E-state index is 0.584. The Hall–Kier alpha value is -2.06. The minimum absolute atomic E-state index is 0.584. The first-order valence-electron chi connectivity index (χ1n) is 6.46. The van der Waals surface area contributed by atoms with Crippen molar-refractivity contribution in [3.05, 3.63) is 71.8 Å². The van der Waals surface area contributed by atoms with Crippen LogP contribution in [0.5, 0.6) is 5.75 Å². The van der Waals surface area contributed by atoms with E-state index < -0.39 is 0 Å². The van der Waals surface area contributed by atoms with Crippen LogP contribution in [0.4, 0.5) is 0 Å². The summed E-state index contributed by atoms with van der Waals surface area (Å²) >= 11 is 0. The van der Waals surface area contributed by atoms with Crippen molar-refractivity contribution in [2.45, 2.75) is 6.54 Å². The molecular formula is C17H19NO. The Morgan fingerprint density at radius 1 is 1.00 bits per heavy atom. The van der Waals surface area contributed by atoms with E-state index in [0.29, 0.717) is 6.61 Å². The molecule has 0 saturated carbocycles. The van der Waals surface area contributed by atoms with E-state index in [-0.39, 0.29) is 0 Å². The van der Waals surface area contributed by atoms with Gasteiger partial charge >= 0.3 is 0 Å². The zero-order chi connectivity index (χ0) is 13.3. The summed E-state index contributed by atoms with van der Waals surface area (Å²) in [6.45, 7) is 1.47. The molecule has 0 fully saturated rings. The number of hydrogen-bond donors (Lipinski definition) is 1. The van der Waals surface area contributed by atoms with Gasteiger partial charge in [-0.25, -0.2) is 0 Å². The molecule has 0 heterocycles. The molecule has 2 nitrogen and oxygen atoms in total. The Morgan fingerprint density at radius 3 is 2.42 bits per heavy atom. The van der Waals surface area contributed by atoms with Crippen molar-refractivity contribution in [1.82, 2.24) is 5.32 Å². The normalized spacial score (nSPS) is 10.8. The first-order chi connectivity index (χ1) is 9.38. The van der Waals surface area contributed by atoms with Crippen LogP contribution in [-0.2, 0) is 6.54 Å². The molecule has 1 N–H and O–H groups in total. The van der Waals surface area contributed by atoms with Crippen LogP contribution in [0.3, 0.4) is 0 Å². The lowest BCUT2D eigenvalue weighted by molar-refractivity contribution is 0.363. The Bertz CT molecular complexity index is 503. The molecule has 98 valence electrons. The van der Waals surface area contributed by atoms with Gasteiger partial charge in [-0.3, -0.25) is 0 Å². The van der Waals surface area contributed by atoms with Gasteiger partial charge in [-0.05, 0) is 36.4 Å². The molecule has 0 atom stereocenters. The summed E-state index contributed by atoms with van der Waals surface area (Å²) in [5.41, 5.74) is 2.45. The van der Waals surface area contributed by atoms with Gasteiger partial charge in [-0.2, -0.15) is 0 Å². The predicted molar refractivity (Wildman–Crippen MR) is 80.2 cm³/mol. The molecule has 2 aromatic rings. The fraction of sp³-hybridized carbons (Fsp3) is 0.176. The number of ether oxygens (including phenoxy) is 1. The van der Waals surface area contributed by atoms with Gasteiger partial charge in [-0.15, -0.1) is 0 Å². The second kappa shape index (κ2) is 7.39. The van der Waals surface area contributed by atoms with Crippen molar-refractivity contribution in [3.8, 4) is 5.75 Å². The lowest BCUT2D eigenvalue weighted by Crippen LogP contribution is -2.04. The monoisotopic (exact) mass is 253 g/mol. The number of nitrogens with one attached hydrogen (secondary N) is 1. The standard InChI is InChI=1S/C17H19NO/c1-18-14-16-9-11-17(12-10-16)19-13-5-8-15-6-3-2-4-7-15/h2-12,18H,13-14H2,1H3/b8-5+. The van der Waals surface area contributed by atoms with Gasteiger partial charge in [0.15, 0.2) is 0 Å². The fourth-order valence-corrected chi connectivity index (χ4v) is 1.80. The summed E-state index contributed by atoms with van der Waals surface area (Å²) in [6, 6.07) is 18.4. The maximum absolute atomic E-state index is 5.65. The summed E-state index contributed by atoms with van der Waals surface area (Å²) in [5.74, 6) is 0.901. The predicted octanol–water partition coefficient (Wildman–Crippen LogP) is 3.50. The van der Waals surface area contributed by atoms with Crippen molar-refractivity contribution in [2.75, 3.05) is 13.7 Å². The molecule has 0 aliphatic carbocycles. The molecule has 2 heteroatoms. The average Bonchev–Trinajstić information content (AvgIpc) is 2.47. The Balaban J connectivity index is 1.81. The van der Waals surface area contributed by atoms with Gasteiger partial charge in [0.1, 0.15) is 12.4 Å². The van der Waals surface area contributed by atoms with Gasteiger partial charge in [0.25, 0.3) is 0 Å². The summed E-state index contributed by atoms with van der Waals surface area (Å²) in [5, 5.41) is 3.12. The van der Waals surface area contributed by atoms with Gasteiger partial charge in [0.2, 0.25) is 0 Å². The second-order valence-electron chi connectivity index (χ2n) is 4.30. The maximum Gasteiger partial charge on any atom is 0.119 e. The largest absolute Gasteiger partial charge is 0.490 e. The Kier molecular flexibility index (Phi) is 5.20. The third-order valence-corrected chi connectivity index (χ3v) is 2.76. The molecule has 0 aliphatic rings. The van der Waals surface area contributed by atoms with Crippen LogP contribution in [-0.4, -0.2) is 13.7 Å². The van der Waals surface area contributed by atoms with E-state index in [0.717, 1.165) is 12.3 Å². The maximum atomic E-state index is 5.65. The molecule has 0 bridgehead atoms. The lowest BCUT2D eigenvalue weighted by atomic mass is 10.2. The van der Waals surface area contributed by atoms with Crippen molar-refractivity contribution in [1.29, 1.82) is 0 Å². The van der Waals surface area contributed by atoms with Gasteiger partial charge in [0.05, 0.1) is 0 Å². The number of benzene rings is 2. The zero-order valence-corrected chi connectivity index (χ0v) is 11.2. The first-order valence-corrected chi connectivity index (χ1v) is 6.46. The second-order valence-corrected chi connectivity index (χ2v) is 4.30. The van der Waals surface area contributed by atoms with Crippen molar-refractivity contribution in [3.63, 3.8) is 0 Å². The third kappa shape index (κ3) is 4.60. The Morgan fingerprint density at radius 2 is 1.74 bits per heavy atom. The van der Waals surface area contributed by atoms with Crippen LogP contribution in [0.15, 0.2) is 60.7 Å². The Labute approximate surface area is 114 Å². The molecule has 2 rings (SSSR count). The molecule has 0 amide bonds. The minimum Gasteiger partial charge on any atom is -0.490 e. The quantitative estimate of drug-likeness (QED) is 0.850. The molecule has 0 saturated heterocycles. The highest BCUT2D eigenvalue weighted by Crippen LogP contribution is 2.12. The van der Waals surface area contributed by atoms with Gasteiger partial charge in [-0.1, -0.05) is 48.5 Å². The average molecular weight is 253 g/mol. The summed E-state index contributed by atoms with van der Waals surface area (Å²) < 4.78 is 5.65. The molecule has 0 aromatic heterocycles. The molecule has 19 heavy (non-hydrogen) atoms. The topological polar surface area (TPSA) is 21.3 Å². The van der Waals surface area contributed by atoms with Crippen LogP contribution >= 0.6 is 0 Å². The lowest BCUT2D eigenvalue weighted by Gasteiger charge is -2.04. The van der Waals surface area contributed by atoms with Crippen molar-refractivity contribution in [2.24, 2.45) is 0 Å². The van der Waals surface area contributed by atoms with E-state index in [4.69, 9.17) is 4.74 Å². The smallest absolute Gasteiger partial charge is 0.119 e. The van der Waals surface area contributed by atoms with E-state index in [1.165, 1.54) is 11.1 Å². The van der Waals surface area contributed by atoms with Crippen molar-refractivity contribution >= 4 is 6.08 Å². The number of rotatable bonds is 6. The van der Waals surface area contributed by atoms with Gasteiger partial charge < -0.3 is 10.1 Å². The van der Waals surface area contributed by atoms with E-state index >= 15 is 0 Å². The summed E-state index contributed by atoms with van der Waals surface area (Å²) in [4.78, 5) is 0. The highest BCUT2D eigenvalue weighted by atomic mass is 16.5. The first kappa shape index (κ1) is 13.4. The molecule has 2 aromatic carbocycles. The SMILES string of the molecule is CNCc1ccc(OC/C=C/c2ccccc2)cc1. The zero-order valence-electron chi connectivity index (χ0n) is 11.2. The van der Waals surface area contributed by atoms with E-state index in [1.807, 2.05) is 43.5 Å².